The van der Waals surface area contributed by atoms with Crippen molar-refractivity contribution in [2.75, 3.05) is 20.1 Å². The number of hydrogen-bond acceptors (Lipinski definition) is 5. The standard InChI is InChI=1S/C24H24ClF2N3OS/c1-30-23(20-4-2-3-13-28-20)29-14-19(24(30)32-18-11-9-17(25)10-12-18)15-5-7-16(8-6-15)21(31)22(26)27/h2-7,9,11,16,22,28H,8,10,12-14H2,1H3. The van der Waals surface area contributed by atoms with Gasteiger partial charge < -0.3 is 10.2 Å². The number of thioether (sulfide) groups is 1. The number of likely N-dealkylation sites (N-methyl/N-ethyl adjacent to an activating group) is 1. The fraction of sp³-hybridized carbons (Fsp3) is 0.333. The molecule has 0 amide bonds. The molecule has 4 aliphatic rings. The Balaban J connectivity index is 1.64. The van der Waals surface area contributed by atoms with Crippen LogP contribution in [0.5, 0.6) is 0 Å². The van der Waals surface area contributed by atoms with E-state index in [9.17, 15) is 13.6 Å². The maximum Gasteiger partial charge on any atom is 0.296 e. The first kappa shape index (κ1) is 22.8. The first-order chi connectivity index (χ1) is 15.4. The van der Waals surface area contributed by atoms with E-state index in [0.29, 0.717) is 6.54 Å². The number of carbonyl (C=O) groups is 1. The maximum atomic E-state index is 12.8. The zero-order valence-electron chi connectivity index (χ0n) is 17.7. The van der Waals surface area contributed by atoms with Gasteiger partial charge in [0, 0.05) is 30.1 Å². The number of hydrogen-bond donors (Lipinski definition) is 1. The Hall–Kier alpha value is -2.38. The van der Waals surface area contributed by atoms with E-state index in [4.69, 9.17) is 16.6 Å². The third-order valence-corrected chi connectivity index (χ3v) is 7.27. The largest absolute Gasteiger partial charge is 0.379 e. The molecule has 4 rings (SSSR count). The van der Waals surface area contributed by atoms with Gasteiger partial charge in [0.1, 0.15) is 0 Å². The lowest BCUT2D eigenvalue weighted by molar-refractivity contribution is -0.132. The van der Waals surface area contributed by atoms with Crippen LogP contribution in [0.15, 0.2) is 85.4 Å². The third-order valence-electron chi connectivity index (χ3n) is 5.63. The molecule has 4 nitrogen and oxygen atoms in total. The number of nitrogens with zero attached hydrogens (tertiary/aromatic N) is 2. The quantitative estimate of drug-likeness (QED) is 0.554. The van der Waals surface area contributed by atoms with Gasteiger partial charge in [0.15, 0.2) is 5.84 Å². The first-order valence-corrected chi connectivity index (χ1v) is 11.7. The Morgan fingerprint density at radius 3 is 2.78 bits per heavy atom. The zero-order valence-corrected chi connectivity index (χ0v) is 19.2. The second-order valence-corrected chi connectivity index (χ2v) is 9.39. The molecule has 2 aliphatic heterocycles. The molecule has 32 heavy (non-hydrogen) atoms. The second kappa shape index (κ2) is 10.0. The lowest BCUT2D eigenvalue weighted by Crippen LogP contribution is -2.37. The van der Waals surface area contributed by atoms with Crippen LogP contribution in [0.4, 0.5) is 8.78 Å². The summed E-state index contributed by atoms with van der Waals surface area (Å²) in [7, 11) is 1.99. The van der Waals surface area contributed by atoms with Crippen LogP contribution in [0.1, 0.15) is 19.3 Å². The molecule has 0 saturated heterocycles. The molecular formula is C24H24ClF2N3OS. The highest BCUT2D eigenvalue weighted by atomic mass is 35.5. The molecule has 1 N–H and O–H groups in total. The lowest BCUT2D eigenvalue weighted by Gasteiger charge is -2.33. The van der Waals surface area contributed by atoms with Crippen LogP contribution in [0.25, 0.3) is 0 Å². The number of ketones is 1. The summed E-state index contributed by atoms with van der Waals surface area (Å²) in [6.07, 6.45) is 14.3. The van der Waals surface area contributed by atoms with Crippen LogP contribution in [-0.2, 0) is 4.79 Å². The predicted molar refractivity (Wildman–Crippen MR) is 128 cm³/mol. The molecule has 0 aromatic heterocycles. The number of Topliss-reactive ketones (excluding diaryl/α,β-unsaturated/α-hetero) is 1. The minimum absolute atomic E-state index is 0.273. The molecule has 0 aromatic rings. The third kappa shape index (κ3) is 4.99. The summed E-state index contributed by atoms with van der Waals surface area (Å²) >= 11 is 7.82. The van der Waals surface area contributed by atoms with Crippen LogP contribution in [0, 0.1) is 5.92 Å². The molecular weight excluding hydrogens is 452 g/mol. The molecule has 0 aromatic carbocycles. The van der Waals surface area contributed by atoms with E-state index in [1.807, 2.05) is 43.5 Å². The Kier molecular flexibility index (Phi) is 7.16. The summed E-state index contributed by atoms with van der Waals surface area (Å²) in [6.45, 7) is 1.22. The minimum Gasteiger partial charge on any atom is -0.379 e. The summed E-state index contributed by atoms with van der Waals surface area (Å²) < 4.78 is 25.6. The van der Waals surface area contributed by atoms with Gasteiger partial charge in [0.05, 0.1) is 17.3 Å². The number of alkyl halides is 2. The summed E-state index contributed by atoms with van der Waals surface area (Å²) in [5.41, 5.74) is 2.91. The highest BCUT2D eigenvalue weighted by Crippen LogP contribution is 2.41. The van der Waals surface area contributed by atoms with Gasteiger partial charge in [0.25, 0.3) is 6.43 Å². The molecule has 2 aliphatic carbocycles. The van der Waals surface area contributed by atoms with Gasteiger partial charge in [-0.15, -0.1) is 0 Å². The molecule has 168 valence electrons. The fourth-order valence-electron chi connectivity index (χ4n) is 3.87. The number of aliphatic imine (C=N–C) groups is 1. The maximum absolute atomic E-state index is 12.8. The van der Waals surface area contributed by atoms with Gasteiger partial charge in [-0.3, -0.25) is 9.79 Å². The number of rotatable bonds is 6. The number of carbonyl (C=O) groups excluding carboxylic acids is 1. The van der Waals surface area contributed by atoms with Crippen LogP contribution in [-0.4, -0.2) is 43.1 Å². The summed E-state index contributed by atoms with van der Waals surface area (Å²) in [4.78, 5) is 19.8. The van der Waals surface area contributed by atoms with Crippen molar-refractivity contribution >= 4 is 35.0 Å². The summed E-state index contributed by atoms with van der Waals surface area (Å²) in [5, 5.41) is 5.25. The Bertz CT molecular complexity index is 1050. The summed E-state index contributed by atoms with van der Waals surface area (Å²) in [5.74, 6) is -0.940. The van der Waals surface area contributed by atoms with E-state index in [1.54, 1.807) is 23.9 Å². The van der Waals surface area contributed by atoms with Crippen LogP contribution in [0.2, 0.25) is 0 Å². The molecule has 1 unspecified atom stereocenters. The van der Waals surface area contributed by atoms with Crippen LogP contribution in [0.3, 0.4) is 0 Å². The van der Waals surface area contributed by atoms with Crippen molar-refractivity contribution in [3.05, 3.63) is 80.4 Å². The van der Waals surface area contributed by atoms with Gasteiger partial charge in [-0.2, -0.15) is 0 Å². The monoisotopic (exact) mass is 475 g/mol. The van der Waals surface area contributed by atoms with E-state index in [2.05, 4.69) is 10.2 Å². The predicted octanol–water partition coefficient (Wildman–Crippen LogP) is 5.46. The fourth-order valence-corrected chi connectivity index (χ4v) is 5.14. The highest BCUT2D eigenvalue weighted by Gasteiger charge is 2.29. The van der Waals surface area contributed by atoms with Crippen molar-refractivity contribution in [2.45, 2.75) is 25.7 Å². The SMILES string of the molecule is CN1C(C2=CC=CCN2)=NCC(C2=CCC(C(=O)C(F)F)C=C2)=C1SC1=CC=C(Cl)CC1. The van der Waals surface area contributed by atoms with Crippen molar-refractivity contribution in [3.63, 3.8) is 0 Å². The van der Waals surface area contributed by atoms with Gasteiger partial charge in [-0.25, -0.2) is 8.78 Å². The molecule has 0 bridgehead atoms. The average molecular weight is 476 g/mol. The van der Waals surface area contributed by atoms with E-state index in [0.717, 1.165) is 52.1 Å². The van der Waals surface area contributed by atoms with E-state index in [-0.39, 0.29) is 6.42 Å². The molecule has 0 fully saturated rings. The lowest BCUT2D eigenvalue weighted by atomic mass is 9.90. The highest BCUT2D eigenvalue weighted by molar-refractivity contribution is 8.06. The molecule has 0 spiro atoms. The molecule has 8 heteroatoms. The van der Waals surface area contributed by atoms with E-state index >= 15 is 0 Å². The summed E-state index contributed by atoms with van der Waals surface area (Å²) in [6, 6.07) is 0. The van der Waals surface area contributed by atoms with E-state index < -0.39 is 18.1 Å². The van der Waals surface area contributed by atoms with Gasteiger partial charge >= 0.3 is 0 Å². The number of nitrogens with one attached hydrogen (secondary N) is 1. The van der Waals surface area contributed by atoms with Crippen LogP contribution >= 0.6 is 23.4 Å². The second-order valence-electron chi connectivity index (χ2n) is 7.78. The number of halogens is 3. The number of dihydropyridines is 1. The normalized spacial score (nSPS) is 23.3. The minimum atomic E-state index is -2.94. The average Bonchev–Trinajstić information content (AvgIpc) is 2.82. The molecule has 0 radical (unpaired) electrons. The Morgan fingerprint density at radius 1 is 1.31 bits per heavy atom. The Morgan fingerprint density at radius 2 is 2.16 bits per heavy atom. The van der Waals surface area contributed by atoms with Crippen molar-refractivity contribution in [2.24, 2.45) is 10.9 Å². The van der Waals surface area contributed by atoms with Crippen molar-refractivity contribution < 1.29 is 13.6 Å². The molecule has 0 saturated carbocycles. The molecule has 2 heterocycles. The zero-order chi connectivity index (χ0) is 22.7. The topological polar surface area (TPSA) is 44.7 Å². The van der Waals surface area contributed by atoms with Gasteiger partial charge in [-0.05, 0) is 41.9 Å². The van der Waals surface area contributed by atoms with Gasteiger partial charge in [-0.1, -0.05) is 59.8 Å². The first-order valence-electron chi connectivity index (χ1n) is 10.5. The molecule has 1 atom stereocenters. The van der Waals surface area contributed by atoms with E-state index in [1.165, 1.54) is 4.91 Å². The smallest absolute Gasteiger partial charge is 0.296 e. The van der Waals surface area contributed by atoms with Crippen LogP contribution < -0.4 is 5.32 Å². The number of amidine groups is 1. The number of allylic oxidation sites excluding steroid dienone is 9. The van der Waals surface area contributed by atoms with Crippen molar-refractivity contribution in [3.8, 4) is 0 Å². The van der Waals surface area contributed by atoms with Crippen molar-refractivity contribution in [1.29, 1.82) is 0 Å². The van der Waals surface area contributed by atoms with Gasteiger partial charge in [0.2, 0.25) is 5.78 Å². The Labute approximate surface area is 195 Å². The van der Waals surface area contributed by atoms with Crippen molar-refractivity contribution in [1.82, 2.24) is 10.2 Å².